The minimum absolute atomic E-state index is 0.247. The molecule has 1 saturated heterocycles. The van der Waals surface area contributed by atoms with Crippen LogP contribution in [0.4, 0.5) is 25.0 Å². The summed E-state index contributed by atoms with van der Waals surface area (Å²) in [5.74, 6) is -2.40. The molecule has 1 aromatic carbocycles. The second kappa shape index (κ2) is 7.80. The van der Waals surface area contributed by atoms with Gasteiger partial charge in [-0.3, -0.25) is 4.72 Å². The van der Waals surface area contributed by atoms with Crippen molar-refractivity contribution in [3.63, 3.8) is 0 Å². The number of halogens is 4. The van der Waals surface area contributed by atoms with Gasteiger partial charge >= 0.3 is 12.0 Å². The highest BCUT2D eigenvalue weighted by molar-refractivity contribution is 7.93. The summed E-state index contributed by atoms with van der Waals surface area (Å²) >= 11 is 11.0. The minimum Gasteiger partial charge on any atom is -0.480 e. The number of carbonyl (C=O) groups is 2. The number of likely N-dealkylation sites (tertiary alicyclic amines) is 1. The third kappa shape index (κ3) is 4.65. The molecule has 2 rings (SSSR count). The van der Waals surface area contributed by atoms with E-state index in [9.17, 15) is 26.8 Å². The lowest BCUT2D eigenvalue weighted by molar-refractivity contribution is -0.141. The molecule has 1 fully saturated rings. The number of anilines is 2. The highest BCUT2D eigenvalue weighted by Gasteiger charge is 2.40. The second-order valence-electron chi connectivity index (χ2n) is 5.41. The molecule has 0 bridgehead atoms. The number of benzene rings is 1. The summed E-state index contributed by atoms with van der Waals surface area (Å²) in [6.45, 7) is -0.469. The van der Waals surface area contributed by atoms with Crippen molar-refractivity contribution in [1.82, 2.24) is 4.90 Å². The summed E-state index contributed by atoms with van der Waals surface area (Å²) in [4.78, 5) is 24.0. The maximum atomic E-state index is 14.0. The molecule has 8 nitrogen and oxygen atoms in total. The lowest BCUT2D eigenvalue weighted by Gasteiger charge is -2.22. The maximum absolute atomic E-state index is 14.0. The summed E-state index contributed by atoms with van der Waals surface area (Å²) in [5.41, 5.74) is -0.721. The van der Waals surface area contributed by atoms with E-state index in [-0.39, 0.29) is 17.1 Å². The van der Waals surface area contributed by atoms with Crippen molar-refractivity contribution in [3.05, 3.63) is 23.0 Å². The number of hydrogen-bond donors (Lipinski definition) is 3. The zero-order valence-electron chi connectivity index (χ0n) is 12.9. The van der Waals surface area contributed by atoms with Gasteiger partial charge in [0.1, 0.15) is 23.2 Å². The number of nitrogens with one attached hydrogen (secondary N) is 2. The first kappa shape index (κ1) is 20.5. The van der Waals surface area contributed by atoms with Crippen LogP contribution in [0.15, 0.2) is 12.1 Å². The van der Waals surface area contributed by atoms with E-state index in [1.165, 1.54) is 0 Å². The van der Waals surface area contributed by atoms with Gasteiger partial charge in [0.15, 0.2) is 0 Å². The van der Waals surface area contributed by atoms with Crippen LogP contribution in [-0.2, 0) is 14.8 Å². The lowest BCUT2D eigenvalue weighted by Crippen LogP contribution is -2.43. The number of carboxylic acid groups (broad SMARTS) is 1. The van der Waals surface area contributed by atoms with E-state index in [1.54, 1.807) is 0 Å². The van der Waals surface area contributed by atoms with Gasteiger partial charge in [0.2, 0.25) is 10.0 Å². The Balaban J connectivity index is 2.26. The molecule has 2 atom stereocenters. The van der Waals surface area contributed by atoms with E-state index in [0.717, 1.165) is 12.1 Å². The molecule has 3 N–H and O–H groups in total. The standard InChI is InChI=1S/C13H13Cl2F2N3O5S/c14-5-26(24,25)19-9-3-10(8(17)2-7(9)15)18-13(23)20-4-6(16)1-11(20)12(21)22/h2-3,6,11,19H,1,4-5H2,(H,18,23)(H,21,22)/t6?,11-/m1/s1. The number of urea groups is 1. The second-order valence-corrected chi connectivity index (χ2v) is 8.12. The summed E-state index contributed by atoms with van der Waals surface area (Å²) in [5, 5.41) is 10.0. The number of nitrogens with zero attached hydrogens (tertiary/aromatic N) is 1. The molecule has 0 aromatic heterocycles. The molecular formula is C13H13Cl2F2N3O5S. The third-order valence-electron chi connectivity index (χ3n) is 3.50. The molecule has 1 unspecified atom stereocenters. The van der Waals surface area contributed by atoms with E-state index in [4.69, 9.17) is 28.3 Å². The average molecular weight is 432 g/mol. The van der Waals surface area contributed by atoms with Crippen molar-refractivity contribution >= 4 is 56.6 Å². The monoisotopic (exact) mass is 431 g/mol. The Kier molecular flexibility index (Phi) is 6.14. The van der Waals surface area contributed by atoms with Gasteiger partial charge in [-0.1, -0.05) is 11.6 Å². The van der Waals surface area contributed by atoms with Crippen LogP contribution in [-0.4, -0.2) is 54.4 Å². The van der Waals surface area contributed by atoms with Gasteiger partial charge in [0.05, 0.1) is 22.9 Å². The first-order valence-electron chi connectivity index (χ1n) is 7.04. The fourth-order valence-corrected chi connectivity index (χ4v) is 3.32. The van der Waals surface area contributed by atoms with Crippen LogP contribution in [0.1, 0.15) is 6.42 Å². The number of aliphatic carboxylic acids is 1. The Labute approximate surface area is 157 Å². The highest BCUT2D eigenvalue weighted by atomic mass is 35.5. The van der Waals surface area contributed by atoms with Gasteiger partial charge in [-0.15, -0.1) is 11.6 Å². The number of carboxylic acids is 1. The Hall–Kier alpha value is -1.85. The molecule has 1 aliphatic heterocycles. The lowest BCUT2D eigenvalue weighted by atomic mass is 10.2. The van der Waals surface area contributed by atoms with Crippen molar-refractivity contribution in [1.29, 1.82) is 0 Å². The molecule has 0 saturated carbocycles. The van der Waals surface area contributed by atoms with Gasteiger partial charge in [-0.05, 0) is 12.1 Å². The number of rotatable bonds is 5. The Morgan fingerprint density at radius 1 is 1.35 bits per heavy atom. The topological polar surface area (TPSA) is 116 Å². The number of alkyl halides is 2. The van der Waals surface area contributed by atoms with Crippen molar-refractivity contribution in [2.45, 2.75) is 18.6 Å². The van der Waals surface area contributed by atoms with Gasteiger partial charge in [0, 0.05) is 6.42 Å². The van der Waals surface area contributed by atoms with Crippen LogP contribution in [0.25, 0.3) is 0 Å². The van der Waals surface area contributed by atoms with E-state index in [0.29, 0.717) is 4.90 Å². The van der Waals surface area contributed by atoms with Gasteiger partial charge in [-0.2, -0.15) is 0 Å². The predicted molar refractivity (Wildman–Crippen MR) is 91.3 cm³/mol. The molecule has 26 heavy (non-hydrogen) atoms. The average Bonchev–Trinajstić information content (AvgIpc) is 2.94. The first-order chi connectivity index (χ1) is 12.0. The number of sulfonamides is 1. The largest absolute Gasteiger partial charge is 0.480 e. The van der Waals surface area contributed by atoms with Crippen LogP contribution in [0, 0.1) is 5.82 Å². The molecular weight excluding hydrogens is 419 g/mol. The molecule has 0 spiro atoms. The van der Waals surface area contributed by atoms with E-state index < -0.39 is 57.5 Å². The van der Waals surface area contributed by atoms with Gasteiger partial charge in [0.25, 0.3) is 0 Å². The van der Waals surface area contributed by atoms with Gasteiger partial charge in [-0.25, -0.2) is 26.8 Å². The highest BCUT2D eigenvalue weighted by Crippen LogP contribution is 2.30. The molecule has 2 amide bonds. The van der Waals surface area contributed by atoms with Crippen molar-refractivity contribution in [2.24, 2.45) is 0 Å². The molecule has 0 radical (unpaired) electrons. The normalized spacial score (nSPS) is 20.1. The molecule has 0 aliphatic carbocycles. The molecule has 1 heterocycles. The molecule has 1 aromatic rings. The molecule has 1 aliphatic rings. The quantitative estimate of drug-likeness (QED) is 0.619. The van der Waals surface area contributed by atoms with Crippen LogP contribution in [0.5, 0.6) is 0 Å². The Bertz CT molecular complexity index is 839. The number of amides is 2. The summed E-state index contributed by atoms with van der Waals surface area (Å²) in [6.07, 6.45) is -1.91. The van der Waals surface area contributed by atoms with Crippen molar-refractivity contribution in [3.8, 4) is 0 Å². The minimum atomic E-state index is -3.94. The van der Waals surface area contributed by atoms with Gasteiger partial charge < -0.3 is 15.3 Å². The van der Waals surface area contributed by atoms with E-state index in [1.807, 2.05) is 4.72 Å². The fourth-order valence-electron chi connectivity index (χ4n) is 2.35. The van der Waals surface area contributed by atoms with Crippen LogP contribution < -0.4 is 10.0 Å². The number of hydrogen-bond acceptors (Lipinski definition) is 4. The van der Waals surface area contributed by atoms with E-state index in [2.05, 4.69) is 5.32 Å². The van der Waals surface area contributed by atoms with Crippen LogP contribution in [0.2, 0.25) is 5.02 Å². The zero-order chi connectivity index (χ0) is 19.6. The van der Waals surface area contributed by atoms with Crippen LogP contribution in [0.3, 0.4) is 0 Å². The van der Waals surface area contributed by atoms with Crippen molar-refractivity contribution < 1.29 is 31.9 Å². The Morgan fingerprint density at radius 3 is 2.58 bits per heavy atom. The van der Waals surface area contributed by atoms with Crippen LogP contribution >= 0.6 is 23.2 Å². The predicted octanol–water partition coefficient (Wildman–Crippen LogP) is 2.45. The third-order valence-corrected chi connectivity index (χ3v) is 5.50. The zero-order valence-corrected chi connectivity index (χ0v) is 15.2. The Morgan fingerprint density at radius 2 is 2.00 bits per heavy atom. The van der Waals surface area contributed by atoms with Crippen molar-refractivity contribution in [2.75, 3.05) is 21.8 Å². The molecule has 13 heteroatoms. The first-order valence-corrected chi connectivity index (χ1v) is 9.60. The maximum Gasteiger partial charge on any atom is 0.326 e. The summed E-state index contributed by atoms with van der Waals surface area (Å²) in [7, 11) is -3.94. The number of carbonyl (C=O) groups excluding carboxylic acids is 1. The fraction of sp³-hybridized carbons (Fsp3) is 0.385. The summed E-state index contributed by atoms with van der Waals surface area (Å²) < 4.78 is 52.5. The SMILES string of the molecule is O=C(O)[C@H]1CC(F)CN1C(=O)Nc1cc(NS(=O)(=O)CCl)c(Cl)cc1F. The summed E-state index contributed by atoms with van der Waals surface area (Å²) in [6, 6.07) is -0.794. The van der Waals surface area contributed by atoms with E-state index >= 15 is 0 Å². The smallest absolute Gasteiger partial charge is 0.326 e. The molecule has 144 valence electrons.